The average molecular weight is 1060 g/mol. The molecule has 1 atom stereocenters. The Morgan fingerprint density at radius 3 is 2.34 bits per heavy atom. The van der Waals surface area contributed by atoms with E-state index < -0.39 is 46.1 Å². The van der Waals surface area contributed by atoms with E-state index in [1.165, 1.54) is 9.21 Å². The number of rotatable bonds is 22. The Morgan fingerprint density at radius 1 is 0.877 bits per heavy atom. The largest absolute Gasteiger partial charge is 0.483 e. The molecule has 4 heterocycles. The maximum atomic E-state index is 13.6. The van der Waals surface area contributed by atoms with Crippen LogP contribution in [-0.4, -0.2) is 115 Å². The van der Waals surface area contributed by atoms with Gasteiger partial charge >= 0.3 is 11.9 Å². The summed E-state index contributed by atoms with van der Waals surface area (Å²) in [5, 5.41) is 20.8. The molecule has 5 N–H and O–H groups in total. The Labute approximate surface area is 432 Å². The second-order valence-corrected chi connectivity index (χ2v) is 22.3. The van der Waals surface area contributed by atoms with E-state index >= 15 is 0 Å². The number of carboxylic acids is 1. The number of anilines is 2. The molecule has 2 saturated heterocycles. The van der Waals surface area contributed by atoms with Gasteiger partial charge in [-0.05, 0) is 100 Å². The first-order chi connectivity index (χ1) is 34.7. The molecule has 1 aromatic heterocycles. The molecule has 390 valence electrons. The lowest BCUT2D eigenvalue weighted by Gasteiger charge is -2.32. The van der Waals surface area contributed by atoms with Crippen LogP contribution in [0.2, 0.25) is 5.02 Å². The van der Waals surface area contributed by atoms with Crippen molar-refractivity contribution in [2.45, 2.75) is 109 Å². The highest BCUT2D eigenvalue weighted by Crippen LogP contribution is 2.46. The molecule has 0 radical (unpaired) electrons. The van der Waals surface area contributed by atoms with Crippen LogP contribution in [0, 0.1) is 0 Å². The zero-order chi connectivity index (χ0) is 52.5. The predicted octanol–water partition coefficient (Wildman–Crippen LogP) is 6.74. The lowest BCUT2D eigenvalue weighted by molar-refractivity contribution is -0.139. The molecular formula is C51H59ClN6O13S2. The van der Waals surface area contributed by atoms with E-state index in [-0.39, 0.29) is 83.5 Å². The molecule has 73 heavy (non-hydrogen) atoms. The van der Waals surface area contributed by atoms with Gasteiger partial charge in [0, 0.05) is 61.0 Å². The lowest BCUT2D eigenvalue weighted by Crippen LogP contribution is -2.52. The van der Waals surface area contributed by atoms with Crippen LogP contribution in [0.3, 0.4) is 0 Å². The van der Waals surface area contributed by atoms with E-state index in [4.69, 9.17) is 25.8 Å². The van der Waals surface area contributed by atoms with Gasteiger partial charge in [-0.15, -0.1) is 11.3 Å². The van der Waals surface area contributed by atoms with Gasteiger partial charge in [-0.1, -0.05) is 54.8 Å². The Bertz CT molecular complexity index is 2860. The third-order valence-electron chi connectivity index (χ3n) is 12.2. The Morgan fingerprint density at radius 2 is 1.60 bits per heavy atom. The fourth-order valence-electron chi connectivity index (χ4n) is 8.71. The summed E-state index contributed by atoms with van der Waals surface area (Å²) in [5.41, 5.74) is 2.62. The van der Waals surface area contributed by atoms with Crippen molar-refractivity contribution in [1.29, 1.82) is 0 Å². The minimum atomic E-state index is -3.69. The van der Waals surface area contributed by atoms with Gasteiger partial charge in [-0.2, -0.15) is 0 Å². The molecule has 0 bridgehead atoms. The van der Waals surface area contributed by atoms with Crippen molar-refractivity contribution in [1.82, 2.24) is 19.8 Å². The number of carboxylic acid groups (broad SMARTS) is 1. The van der Waals surface area contributed by atoms with E-state index in [2.05, 4.69) is 21.3 Å². The average Bonchev–Trinajstić information content (AvgIpc) is 3.85. The number of esters is 1. The molecule has 3 aliphatic heterocycles. The molecule has 0 saturated carbocycles. The molecule has 3 aromatic carbocycles. The molecule has 19 nitrogen and oxygen atoms in total. The molecule has 7 rings (SSSR count). The van der Waals surface area contributed by atoms with Gasteiger partial charge in [0.2, 0.25) is 27.7 Å². The monoisotopic (exact) mass is 1060 g/mol. The number of carbonyl (C=O) groups is 7. The van der Waals surface area contributed by atoms with Gasteiger partial charge in [-0.25, -0.2) is 22.3 Å². The number of fused-ring (bicyclic) bond motifs is 1. The lowest BCUT2D eigenvalue weighted by atomic mass is 10.0. The minimum Gasteiger partial charge on any atom is -0.483 e. The van der Waals surface area contributed by atoms with Gasteiger partial charge in [0.05, 0.1) is 17.2 Å². The van der Waals surface area contributed by atoms with Crippen LogP contribution in [0.1, 0.15) is 110 Å². The number of unbranched alkanes of at least 4 members (excludes halogenated alkanes) is 3. The summed E-state index contributed by atoms with van der Waals surface area (Å²) in [4.78, 5) is 88.8. The molecule has 1 unspecified atom stereocenters. The number of piperidine rings is 2. The zero-order valence-electron chi connectivity index (χ0n) is 40.8. The zero-order valence-corrected chi connectivity index (χ0v) is 43.1. The van der Waals surface area contributed by atoms with E-state index in [0.29, 0.717) is 83.9 Å². The number of nitrogens with zero attached hydrogens (tertiary/aromatic N) is 2. The molecule has 3 aliphatic rings. The molecule has 0 spiro atoms. The number of halogens is 1. The number of benzene rings is 3. The van der Waals surface area contributed by atoms with E-state index in [1.807, 2.05) is 18.2 Å². The van der Waals surface area contributed by atoms with Crippen molar-refractivity contribution in [3.05, 3.63) is 93.3 Å². The topological polar surface area (TPSA) is 256 Å². The number of hydrogen-bond acceptors (Lipinski definition) is 14. The van der Waals surface area contributed by atoms with Crippen molar-refractivity contribution >= 4 is 85.8 Å². The number of thiophene rings is 1. The van der Waals surface area contributed by atoms with Crippen molar-refractivity contribution in [2.24, 2.45) is 0 Å². The van der Waals surface area contributed by atoms with Gasteiger partial charge in [0.25, 0.3) is 11.8 Å². The summed E-state index contributed by atoms with van der Waals surface area (Å²) >= 11 is 7.74. The van der Waals surface area contributed by atoms with Crippen LogP contribution in [0.5, 0.6) is 11.5 Å². The van der Waals surface area contributed by atoms with Gasteiger partial charge < -0.3 is 40.2 Å². The van der Waals surface area contributed by atoms with Crippen LogP contribution in [0.15, 0.2) is 66.7 Å². The number of hydrogen-bond donors (Lipinski definition) is 5. The van der Waals surface area contributed by atoms with Crippen LogP contribution >= 0.6 is 22.9 Å². The molecule has 2 fully saturated rings. The van der Waals surface area contributed by atoms with Gasteiger partial charge in [0.15, 0.2) is 23.8 Å². The summed E-state index contributed by atoms with van der Waals surface area (Å²) in [7, 11) is -3.69. The first-order valence-electron chi connectivity index (χ1n) is 24.0. The van der Waals surface area contributed by atoms with E-state index in [9.17, 15) is 47.1 Å². The fraction of sp³-hybridized carbons (Fsp3) is 0.431. The van der Waals surface area contributed by atoms with Crippen molar-refractivity contribution in [2.75, 3.05) is 43.5 Å². The number of imide groups is 1. The second kappa shape index (κ2) is 24.0. The molecule has 0 aliphatic carbocycles. The second-order valence-electron chi connectivity index (χ2n) is 19.0. The number of carbonyl (C=O) groups excluding carboxylic acids is 6. The maximum absolute atomic E-state index is 13.6. The number of nitrogens with one attached hydrogen (secondary N) is 4. The van der Waals surface area contributed by atoms with Crippen molar-refractivity contribution < 1.29 is 61.3 Å². The van der Waals surface area contributed by atoms with Crippen LogP contribution in [0.4, 0.5) is 11.4 Å². The predicted molar refractivity (Wildman–Crippen MR) is 273 cm³/mol. The van der Waals surface area contributed by atoms with Gasteiger partial charge in [0.1, 0.15) is 22.4 Å². The number of sulfonamides is 1. The highest BCUT2D eigenvalue weighted by molar-refractivity contribution is 7.88. The molecule has 5 amide bonds. The maximum Gasteiger partial charge on any atom is 0.352 e. The smallest absolute Gasteiger partial charge is 0.352 e. The third kappa shape index (κ3) is 14.6. The number of aliphatic carboxylic acids is 1. The summed E-state index contributed by atoms with van der Waals surface area (Å²) in [6.45, 7) is 5.32. The fourth-order valence-corrected chi connectivity index (χ4v) is 11.7. The van der Waals surface area contributed by atoms with Crippen LogP contribution in [0.25, 0.3) is 10.4 Å². The third-order valence-corrected chi connectivity index (χ3v) is 15.7. The summed E-state index contributed by atoms with van der Waals surface area (Å²) < 4.78 is 45.4. The highest BCUT2D eigenvalue weighted by atomic mass is 35.5. The standard InChI is InChI=1S/C51H59ClN6O13S2/c1-51(2,3)71-50(66)47-45(70-29-43(62)63)44(52)46(72-47)32-12-9-14-35(26-32)54-33-20-23-57(24-21-33)73(67,68)30-31-11-8-13-34(25-31)55-40(59)17-6-4-5-7-22-53-42(61)28-69-39-16-10-15-36-37(39)27-58(49(36)65)38-18-19-41(60)56-48(38)64/h8-16,25-26,33,38,54H,4-7,17-24,27-30H2,1-3H3,(H,53,61)(H,55,59)(H,62,63)(H,56,60,64). The molecular weight excluding hydrogens is 1000 g/mol. The summed E-state index contributed by atoms with van der Waals surface area (Å²) in [6, 6.07) is 18.3. The van der Waals surface area contributed by atoms with E-state index in [1.54, 1.807) is 69.3 Å². The SMILES string of the molecule is CC(C)(C)OC(=O)c1sc(-c2cccc(NC3CCN(S(=O)(=O)Cc4cccc(NC(=O)CCCCCCNC(=O)COc5cccc6c5CN(C5CCC(=O)NC5=O)C6=O)c4)CC3)c2)c(Cl)c1OCC(=O)O. The van der Waals surface area contributed by atoms with Gasteiger partial charge in [-0.3, -0.25) is 29.3 Å². The van der Waals surface area contributed by atoms with Crippen LogP contribution < -0.4 is 30.7 Å². The molecule has 4 aromatic rings. The number of ether oxygens (including phenoxy) is 3. The minimum absolute atomic E-state index is 0.0421. The molecule has 22 heteroatoms. The Balaban J connectivity index is 0.796. The number of amides is 5. The van der Waals surface area contributed by atoms with Crippen molar-refractivity contribution in [3.8, 4) is 21.9 Å². The van der Waals surface area contributed by atoms with Crippen molar-refractivity contribution in [3.63, 3.8) is 0 Å². The quantitative estimate of drug-likeness (QED) is 0.0311. The van der Waals surface area contributed by atoms with E-state index in [0.717, 1.165) is 29.9 Å². The van der Waals surface area contributed by atoms with Crippen LogP contribution in [-0.2, 0) is 51.0 Å². The first-order valence-corrected chi connectivity index (χ1v) is 26.8. The Hall–Kier alpha value is -6.55. The normalized spacial score (nSPS) is 16.4. The summed E-state index contributed by atoms with van der Waals surface area (Å²) in [6.07, 6.45) is 4.56. The first kappa shape index (κ1) is 54.2. The highest BCUT2D eigenvalue weighted by Gasteiger charge is 2.40. The summed E-state index contributed by atoms with van der Waals surface area (Å²) in [5.74, 6) is -3.57. The Kier molecular flexibility index (Phi) is 17.8.